The van der Waals surface area contributed by atoms with E-state index < -0.39 is 6.04 Å². The summed E-state index contributed by atoms with van der Waals surface area (Å²) in [6.45, 7) is 12.9. The highest BCUT2D eigenvalue weighted by Gasteiger charge is 2.35. The van der Waals surface area contributed by atoms with Crippen LogP contribution in [0.4, 0.5) is 0 Å². The van der Waals surface area contributed by atoms with E-state index in [1.807, 2.05) is 13.8 Å². The minimum Gasteiger partial charge on any atom is -0.354 e. The molecule has 4 N–H and O–H groups in total. The first-order chi connectivity index (χ1) is 11.1. The summed E-state index contributed by atoms with van der Waals surface area (Å²) in [5.41, 5.74) is 5.62. The molecule has 5 heteroatoms. The highest BCUT2D eigenvalue weighted by molar-refractivity contribution is 5.82. The third-order valence-corrected chi connectivity index (χ3v) is 5.40. The molecule has 0 saturated heterocycles. The van der Waals surface area contributed by atoms with E-state index >= 15 is 0 Å². The molecule has 0 bridgehead atoms. The summed E-state index contributed by atoms with van der Waals surface area (Å²) in [6.07, 6.45) is 3.31. The third-order valence-electron chi connectivity index (χ3n) is 5.40. The Balaban J connectivity index is 2.64. The van der Waals surface area contributed by atoms with Gasteiger partial charge in [0.2, 0.25) is 11.8 Å². The van der Waals surface area contributed by atoms with Gasteiger partial charge in [-0.15, -0.1) is 0 Å². The summed E-state index contributed by atoms with van der Waals surface area (Å²) in [6, 6.07) is -0.627. The molecule has 5 atom stereocenters. The predicted octanol–water partition coefficient (Wildman–Crippen LogP) is 2.30. The van der Waals surface area contributed by atoms with Crippen LogP contribution in [-0.4, -0.2) is 30.4 Å². The number of nitrogens with two attached hydrogens (primary N) is 1. The van der Waals surface area contributed by atoms with Crippen LogP contribution < -0.4 is 16.4 Å². The Labute approximate surface area is 147 Å². The lowest BCUT2D eigenvalue weighted by Crippen LogP contribution is -2.52. The summed E-state index contributed by atoms with van der Waals surface area (Å²) in [5, 5.41) is 6.03. The van der Waals surface area contributed by atoms with Crippen LogP contribution in [0, 0.1) is 29.6 Å². The van der Waals surface area contributed by atoms with Gasteiger partial charge in [0.25, 0.3) is 0 Å². The van der Waals surface area contributed by atoms with Crippen molar-refractivity contribution in [3.05, 3.63) is 0 Å². The molecule has 0 heterocycles. The van der Waals surface area contributed by atoms with E-state index in [4.69, 9.17) is 5.73 Å². The Morgan fingerprint density at radius 3 is 2.25 bits per heavy atom. The van der Waals surface area contributed by atoms with E-state index in [1.54, 1.807) is 6.92 Å². The fourth-order valence-corrected chi connectivity index (χ4v) is 3.61. The standard InChI is InChI=1S/C19H37N3O2/c1-11(2)15-8-7-13(5)9-16(15)19(24)21-10-17(12(3)4)22-18(23)14(6)20/h11-17H,7-10,20H2,1-6H3,(H,21,24)(H,22,23)/t13-,14-,15+,16-,17-/m1/s1. The SMILES string of the molecule is CC(C)[C@@H](CNC(=O)[C@@H]1C[C@H](C)CC[C@H]1C(C)C)NC(=O)[C@@H](C)N. The minimum absolute atomic E-state index is 0.0886. The summed E-state index contributed by atoms with van der Waals surface area (Å²) in [5.74, 6) is 1.87. The van der Waals surface area contributed by atoms with Crippen LogP contribution in [0.2, 0.25) is 0 Å². The van der Waals surface area contributed by atoms with Crippen LogP contribution in [0.3, 0.4) is 0 Å². The number of carbonyl (C=O) groups excluding carboxylic acids is 2. The van der Waals surface area contributed by atoms with Crippen molar-refractivity contribution < 1.29 is 9.59 Å². The summed E-state index contributed by atoms with van der Waals surface area (Å²) in [4.78, 5) is 24.6. The fraction of sp³-hybridized carbons (Fsp3) is 0.895. The number of hydrogen-bond donors (Lipinski definition) is 3. The first-order valence-electron chi connectivity index (χ1n) is 9.47. The molecule has 1 rings (SSSR count). The molecule has 0 aromatic heterocycles. The molecule has 1 fully saturated rings. The van der Waals surface area contributed by atoms with Gasteiger partial charge in [0.1, 0.15) is 0 Å². The van der Waals surface area contributed by atoms with Crippen molar-refractivity contribution in [2.75, 3.05) is 6.54 Å². The minimum atomic E-state index is -0.536. The molecule has 1 aliphatic carbocycles. The lowest BCUT2D eigenvalue weighted by molar-refractivity contribution is -0.130. The van der Waals surface area contributed by atoms with Crippen molar-refractivity contribution in [2.24, 2.45) is 35.3 Å². The molecule has 24 heavy (non-hydrogen) atoms. The number of hydrogen-bond acceptors (Lipinski definition) is 3. The smallest absolute Gasteiger partial charge is 0.236 e. The average molecular weight is 340 g/mol. The normalized spacial score (nSPS) is 27.0. The van der Waals surface area contributed by atoms with E-state index in [0.717, 1.165) is 12.8 Å². The molecule has 0 unspecified atom stereocenters. The zero-order chi connectivity index (χ0) is 18.4. The van der Waals surface area contributed by atoms with Crippen molar-refractivity contribution in [2.45, 2.75) is 72.9 Å². The molecular formula is C19H37N3O2. The van der Waals surface area contributed by atoms with E-state index in [2.05, 4.69) is 31.4 Å². The first kappa shape index (κ1) is 20.9. The van der Waals surface area contributed by atoms with Crippen molar-refractivity contribution >= 4 is 11.8 Å². The van der Waals surface area contributed by atoms with E-state index in [0.29, 0.717) is 24.3 Å². The van der Waals surface area contributed by atoms with Gasteiger partial charge in [0.15, 0.2) is 0 Å². The molecule has 0 aromatic carbocycles. The second kappa shape index (κ2) is 9.40. The third kappa shape index (κ3) is 6.08. The fourth-order valence-electron chi connectivity index (χ4n) is 3.61. The Morgan fingerprint density at radius 2 is 1.75 bits per heavy atom. The number of carbonyl (C=O) groups is 2. The zero-order valence-electron chi connectivity index (χ0n) is 16.3. The van der Waals surface area contributed by atoms with E-state index in [9.17, 15) is 9.59 Å². The van der Waals surface area contributed by atoms with Gasteiger partial charge in [0.05, 0.1) is 6.04 Å². The largest absolute Gasteiger partial charge is 0.354 e. The summed E-state index contributed by atoms with van der Waals surface area (Å²) < 4.78 is 0. The maximum Gasteiger partial charge on any atom is 0.236 e. The Kier molecular flexibility index (Phi) is 8.20. The maximum atomic E-state index is 12.8. The molecule has 0 spiro atoms. The van der Waals surface area contributed by atoms with Crippen molar-refractivity contribution in [1.29, 1.82) is 0 Å². The van der Waals surface area contributed by atoms with Crippen LogP contribution in [0.5, 0.6) is 0 Å². The summed E-state index contributed by atoms with van der Waals surface area (Å²) in [7, 11) is 0. The molecular weight excluding hydrogens is 302 g/mol. The zero-order valence-corrected chi connectivity index (χ0v) is 16.3. The highest BCUT2D eigenvalue weighted by Crippen LogP contribution is 2.38. The molecule has 0 aliphatic heterocycles. The highest BCUT2D eigenvalue weighted by atomic mass is 16.2. The van der Waals surface area contributed by atoms with Gasteiger partial charge in [-0.25, -0.2) is 0 Å². The quantitative estimate of drug-likeness (QED) is 0.665. The maximum absolute atomic E-state index is 12.8. The van der Waals surface area contributed by atoms with E-state index in [-0.39, 0.29) is 29.7 Å². The average Bonchev–Trinajstić information content (AvgIpc) is 2.49. The molecule has 140 valence electrons. The topological polar surface area (TPSA) is 84.2 Å². The van der Waals surface area contributed by atoms with Crippen LogP contribution in [0.25, 0.3) is 0 Å². The van der Waals surface area contributed by atoms with E-state index in [1.165, 1.54) is 6.42 Å². The molecule has 5 nitrogen and oxygen atoms in total. The summed E-state index contributed by atoms with van der Waals surface area (Å²) >= 11 is 0. The molecule has 0 aromatic rings. The second-order valence-electron chi connectivity index (χ2n) is 8.33. The molecule has 1 saturated carbocycles. The van der Waals surface area contributed by atoms with Gasteiger partial charge < -0.3 is 16.4 Å². The predicted molar refractivity (Wildman–Crippen MR) is 98.3 cm³/mol. The number of nitrogens with one attached hydrogen (secondary N) is 2. The Hall–Kier alpha value is -1.10. The lowest BCUT2D eigenvalue weighted by atomic mass is 9.70. The van der Waals surface area contributed by atoms with Crippen LogP contribution in [0.15, 0.2) is 0 Å². The monoisotopic (exact) mass is 339 g/mol. The van der Waals surface area contributed by atoms with Gasteiger partial charge in [0, 0.05) is 18.5 Å². The van der Waals surface area contributed by atoms with Crippen LogP contribution >= 0.6 is 0 Å². The number of rotatable bonds is 7. The lowest BCUT2D eigenvalue weighted by Gasteiger charge is -2.36. The van der Waals surface area contributed by atoms with Crippen LogP contribution in [0.1, 0.15) is 60.8 Å². The van der Waals surface area contributed by atoms with Crippen molar-refractivity contribution in [3.63, 3.8) is 0 Å². The van der Waals surface area contributed by atoms with Crippen molar-refractivity contribution in [3.8, 4) is 0 Å². The van der Waals surface area contributed by atoms with Gasteiger partial charge in [-0.3, -0.25) is 9.59 Å². The molecule has 2 amide bonds. The van der Waals surface area contributed by atoms with Gasteiger partial charge >= 0.3 is 0 Å². The molecule has 0 radical (unpaired) electrons. The van der Waals surface area contributed by atoms with Gasteiger partial charge in [-0.05, 0) is 43.4 Å². The number of amides is 2. The van der Waals surface area contributed by atoms with Gasteiger partial charge in [-0.1, -0.05) is 41.0 Å². The first-order valence-corrected chi connectivity index (χ1v) is 9.47. The Morgan fingerprint density at radius 1 is 1.12 bits per heavy atom. The Bertz CT molecular complexity index is 421. The van der Waals surface area contributed by atoms with Crippen molar-refractivity contribution in [1.82, 2.24) is 10.6 Å². The van der Waals surface area contributed by atoms with Crippen LogP contribution in [-0.2, 0) is 9.59 Å². The molecule has 1 aliphatic rings. The second-order valence-corrected chi connectivity index (χ2v) is 8.33. The van der Waals surface area contributed by atoms with Gasteiger partial charge in [-0.2, -0.15) is 0 Å².